The lowest BCUT2D eigenvalue weighted by Crippen LogP contribution is -2.26. The molecule has 0 N–H and O–H groups in total. The summed E-state index contributed by atoms with van der Waals surface area (Å²) >= 11 is 0. The third-order valence-corrected chi connectivity index (χ3v) is 2.89. The van der Waals surface area contributed by atoms with Crippen LogP contribution in [0, 0.1) is 11.3 Å². The van der Waals surface area contributed by atoms with E-state index in [1.165, 1.54) is 17.2 Å². The van der Waals surface area contributed by atoms with Gasteiger partial charge in [0, 0.05) is 18.9 Å². The van der Waals surface area contributed by atoms with E-state index in [0.29, 0.717) is 5.56 Å². The maximum absolute atomic E-state index is 12.3. The van der Waals surface area contributed by atoms with E-state index in [1.807, 2.05) is 6.07 Å². The fraction of sp³-hybridized carbons (Fsp3) is 0.133. The summed E-state index contributed by atoms with van der Waals surface area (Å²) in [6.07, 6.45) is 1.40. The SMILES string of the molecule is COc1ccc(N(C)C(=O)c2ccc(C#N)nc2)cc1. The van der Waals surface area contributed by atoms with E-state index < -0.39 is 0 Å². The Labute approximate surface area is 117 Å². The van der Waals surface area contributed by atoms with Gasteiger partial charge in [0.25, 0.3) is 5.91 Å². The molecule has 1 amide bonds. The minimum absolute atomic E-state index is 0.188. The lowest BCUT2D eigenvalue weighted by Gasteiger charge is -2.17. The van der Waals surface area contributed by atoms with Crippen molar-refractivity contribution in [2.45, 2.75) is 0 Å². The number of methoxy groups -OCH3 is 1. The highest BCUT2D eigenvalue weighted by Crippen LogP contribution is 2.19. The Kier molecular flexibility index (Phi) is 3.96. The van der Waals surface area contributed by atoms with Crippen molar-refractivity contribution in [3.8, 4) is 11.8 Å². The Balaban J connectivity index is 2.20. The van der Waals surface area contributed by atoms with Gasteiger partial charge in [-0.3, -0.25) is 4.79 Å². The van der Waals surface area contributed by atoms with Gasteiger partial charge in [-0.15, -0.1) is 0 Å². The zero-order valence-electron chi connectivity index (χ0n) is 11.2. The normalized spacial score (nSPS) is 9.65. The standard InChI is InChI=1S/C15H13N3O2/c1-18(13-5-7-14(20-2)8-6-13)15(19)11-3-4-12(9-16)17-10-11/h3-8,10H,1-2H3. The Morgan fingerprint density at radius 2 is 1.95 bits per heavy atom. The number of amides is 1. The van der Waals surface area contributed by atoms with Gasteiger partial charge in [-0.05, 0) is 36.4 Å². The van der Waals surface area contributed by atoms with Crippen LogP contribution in [-0.2, 0) is 0 Å². The highest BCUT2D eigenvalue weighted by Gasteiger charge is 2.13. The maximum Gasteiger partial charge on any atom is 0.259 e. The van der Waals surface area contributed by atoms with E-state index in [4.69, 9.17) is 10.00 Å². The number of pyridine rings is 1. The molecule has 0 spiro atoms. The van der Waals surface area contributed by atoms with E-state index >= 15 is 0 Å². The van der Waals surface area contributed by atoms with Gasteiger partial charge in [-0.1, -0.05) is 0 Å². The zero-order chi connectivity index (χ0) is 14.5. The van der Waals surface area contributed by atoms with Crippen molar-refractivity contribution in [3.05, 3.63) is 53.9 Å². The average molecular weight is 267 g/mol. The number of hydrogen-bond donors (Lipinski definition) is 0. The third-order valence-electron chi connectivity index (χ3n) is 2.89. The third kappa shape index (κ3) is 2.75. The van der Waals surface area contributed by atoms with Crippen LogP contribution in [0.15, 0.2) is 42.6 Å². The molecule has 0 radical (unpaired) electrons. The van der Waals surface area contributed by atoms with Crippen LogP contribution >= 0.6 is 0 Å². The van der Waals surface area contributed by atoms with Crippen molar-refractivity contribution >= 4 is 11.6 Å². The Morgan fingerprint density at radius 1 is 1.25 bits per heavy atom. The molecule has 5 nitrogen and oxygen atoms in total. The van der Waals surface area contributed by atoms with Gasteiger partial charge in [0.1, 0.15) is 17.5 Å². The Bertz CT molecular complexity index is 642. The molecule has 0 saturated heterocycles. The monoisotopic (exact) mass is 267 g/mol. The van der Waals surface area contributed by atoms with Crippen molar-refractivity contribution in [1.29, 1.82) is 5.26 Å². The van der Waals surface area contributed by atoms with Crippen LogP contribution in [0.2, 0.25) is 0 Å². The number of nitrogens with zero attached hydrogens (tertiary/aromatic N) is 3. The van der Waals surface area contributed by atoms with Gasteiger partial charge in [0.2, 0.25) is 0 Å². The molecule has 0 saturated carbocycles. The molecule has 0 aliphatic rings. The van der Waals surface area contributed by atoms with Crippen molar-refractivity contribution in [3.63, 3.8) is 0 Å². The molecule has 2 aromatic rings. The summed E-state index contributed by atoms with van der Waals surface area (Å²) in [5.41, 5.74) is 1.47. The molecular formula is C15H13N3O2. The number of carbonyl (C=O) groups is 1. The summed E-state index contributed by atoms with van der Waals surface area (Å²) in [7, 11) is 3.27. The molecular weight excluding hydrogens is 254 g/mol. The largest absolute Gasteiger partial charge is 0.497 e. The minimum atomic E-state index is -0.188. The van der Waals surface area contributed by atoms with Gasteiger partial charge < -0.3 is 9.64 Å². The van der Waals surface area contributed by atoms with Crippen LogP contribution in [0.4, 0.5) is 5.69 Å². The fourth-order valence-electron chi connectivity index (χ4n) is 1.70. The quantitative estimate of drug-likeness (QED) is 0.855. The highest BCUT2D eigenvalue weighted by molar-refractivity contribution is 6.05. The molecule has 5 heteroatoms. The van der Waals surface area contributed by atoms with E-state index in [9.17, 15) is 4.79 Å². The molecule has 1 heterocycles. The lowest BCUT2D eigenvalue weighted by atomic mass is 10.2. The number of rotatable bonds is 3. The number of carbonyl (C=O) groups excluding carboxylic acids is 1. The second kappa shape index (κ2) is 5.85. The van der Waals surface area contributed by atoms with Gasteiger partial charge in [-0.2, -0.15) is 5.26 Å². The molecule has 0 aliphatic heterocycles. The smallest absolute Gasteiger partial charge is 0.259 e. The zero-order valence-corrected chi connectivity index (χ0v) is 11.2. The van der Waals surface area contributed by atoms with Crippen LogP contribution in [0.3, 0.4) is 0 Å². The first-order chi connectivity index (χ1) is 9.65. The number of anilines is 1. The van der Waals surface area contributed by atoms with E-state index in [0.717, 1.165) is 11.4 Å². The summed E-state index contributed by atoms with van der Waals surface area (Å²) in [5.74, 6) is 0.543. The van der Waals surface area contributed by atoms with Crippen LogP contribution in [0.25, 0.3) is 0 Å². The van der Waals surface area contributed by atoms with Crippen LogP contribution in [0.5, 0.6) is 5.75 Å². The Hall–Kier alpha value is -2.87. The average Bonchev–Trinajstić information content (AvgIpc) is 2.53. The molecule has 0 aliphatic carbocycles. The number of benzene rings is 1. The van der Waals surface area contributed by atoms with Crippen molar-refractivity contribution in [2.75, 3.05) is 19.1 Å². The van der Waals surface area contributed by atoms with Crippen molar-refractivity contribution < 1.29 is 9.53 Å². The second-order valence-electron chi connectivity index (χ2n) is 4.11. The van der Waals surface area contributed by atoms with E-state index in [1.54, 1.807) is 44.5 Å². The predicted octanol–water partition coefficient (Wildman–Crippen LogP) is 2.24. The van der Waals surface area contributed by atoms with Gasteiger partial charge in [-0.25, -0.2) is 4.98 Å². The highest BCUT2D eigenvalue weighted by atomic mass is 16.5. The molecule has 0 bridgehead atoms. The summed E-state index contributed by atoms with van der Waals surface area (Å²) in [4.78, 5) is 17.7. The van der Waals surface area contributed by atoms with Crippen LogP contribution < -0.4 is 9.64 Å². The summed E-state index contributed by atoms with van der Waals surface area (Å²) in [6.45, 7) is 0. The number of hydrogen-bond acceptors (Lipinski definition) is 4. The minimum Gasteiger partial charge on any atom is -0.497 e. The maximum atomic E-state index is 12.3. The molecule has 0 fully saturated rings. The first kappa shape index (κ1) is 13.6. The van der Waals surface area contributed by atoms with Gasteiger partial charge in [0.05, 0.1) is 12.7 Å². The number of ether oxygens (including phenoxy) is 1. The lowest BCUT2D eigenvalue weighted by molar-refractivity contribution is 0.0992. The topological polar surface area (TPSA) is 66.2 Å². The van der Waals surface area contributed by atoms with Crippen LogP contribution in [0.1, 0.15) is 16.1 Å². The van der Waals surface area contributed by atoms with E-state index in [-0.39, 0.29) is 11.6 Å². The molecule has 0 unspecified atom stereocenters. The molecule has 1 aromatic carbocycles. The fourth-order valence-corrected chi connectivity index (χ4v) is 1.70. The summed E-state index contributed by atoms with van der Waals surface area (Å²) in [6, 6.07) is 12.2. The molecule has 20 heavy (non-hydrogen) atoms. The first-order valence-corrected chi connectivity index (χ1v) is 5.94. The summed E-state index contributed by atoms with van der Waals surface area (Å²) < 4.78 is 5.08. The molecule has 1 aromatic heterocycles. The molecule has 100 valence electrons. The van der Waals surface area contributed by atoms with Crippen molar-refractivity contribution in [2.24, 2.45) is 0 Å². The van der Waals surface area contributed by atoms with Crippen molar-refractivity contribution in [1.82, 2.24) is 4.98 Å². The molecule has 2 rings (SSSR count). The van der Waals surface area contributed by atoms with Gasteiger partial charge >= 0.3 is 0 Å². The number of aromatic nitrogens is 1. The predicted molar refractivity (Wildman–Crippen MR) is 74.7 cm³/mol. The van der Waals surface area contributed by atoms with Crippen LogP contribution in [-0.4, -0.2) is 25.0 Å². The second-order valence-corrected chi connectivity index (χ2v) is 4.11. The molecule has 0 atom stereocenters. The Morgan fingerprint density at radius 3 is 2.45 bits per heavy atom. The summed E-state index contributed by atoms with van der Waals surface area (Å²) in [5, 5.41) is 8.68. The number of nitriles is 1. The van der Waals surface area contributed by atoms with E-state index in [2.05, 4.69) is 4.98 Å². The first-order valence-electron chi connectivity index (χ1n) is 5.94. The van der Waals surface area contributed by atoms with Gasteiger partial charge in [0.15, 0.2) is 0 Å².